The number of nitrogens with zero attached hydrogens (tertiary/aromatic N) is 2. The number of imide groups is 1. The summed E-state index contributed by atoms with van der Waals surface area (Å²) in [6.45, 7) is 1.49. The number of hydrogen-bond donors (Lipinski definition) is 1. The predicted octanol–water partition coefficient (Wildman–Crippen LogP) is 1.09. The van der Waals surface area contributed by atoms with Gasteiger partial charge in [0.15, 0.2) is 12.4 Å². The van der Waals surface area contributed by atoms with E-state index in [1.54, 1.807) is 13.0 Å². The van der Waals surface area contributed by atoms with E-state index < -0.39 is 17.4 Å². The summed E-state index contributed by atoms with van der Waals surface area (Å²) in [6.07, 6.45) is 0. The Morgan fingerprint density at radius 1 is 1.46 bits per heavy atom. The van der Waals surface area contributed by atoms with Crippen LogP contribution in [0.15, 0.2) is 18.2 Å². The van der Waals surface area contributed by atoms with Crippen LogP contribution in [0.25, 0.3) is 0 Å². The Hall–Kier alpha value is -2.62. The van der Waals surface area contributed by atoms with Crippen LogP contribution in [0.5, 0.6) is 5.75 Å². The zero-order chi connectivity index (χ0) is 17.7. The number of thioether (sulfide) groups is 1. The lowest BCUT2D eigenvalue weighted by Crippen LogP contribution is -2.39. The number of aryl methyl sites for hydroxylation is 1. The lowest BCUT2D eigenvalue weighted by Gasteiger charge is -2.13. The molecule has 0 saturated carbocycles. The highest BCUT2D eigenvalue weighted by atomic mass is 32.2. The molecule has 3 amide bonds. The van der Waals surface area contributed by atoms with E-state index in [2.05, 4.69) is 5.32 Å². The van der Waals surface area contributed by atoms with Crippen LogP contribution in [0.2, 0.25) is 0 Å². The molecule has 0 unspecified atom stereocenters. The topological polar surface area (TPSA) is 119 Å². The fourth-order valence-electron chi connectivity index (χ4n) is 1.99. The number of nitro benzene ring substituents is 1. The molecule has 9 nitrogen and oxygen atoms in total. The average Bonchev–Trinajstić information content (AvgIpc) is 2.85. The zero-order valence-corrected chi connectivity index (χ0v) is 13.6. The molecule has 10 heteroatoms. The van der Waals surface area contributed by atoms with Crippen molar-refractivity contribution in [3.8, 4) is 5.75 Å². The number of benzene rings is 1. The first kappa shape index (κ1) is 17.7. The summed E-state index contributed by atoms with van der Waals surface area (Å²) in [7, 11) is 0. The Morgan fingerprint density at radius 2 is 2.21 bits per heavy atom. The van der Waals surface area contributed by atoms with Gasteiger partial charge in [0.05, 0.1) is 10.7 Å². The molecule has 128 valence electrons. The Morgan fingerprint density at radius 3 is 2.83 bits per heavy atom. The highest BCUT2D eigenvalue weighted by Crippen LogP contribution is 2.27. The Balaban J connectivity index is 1.80. The normalized spacial score (nSPS) is 14.0. The van der Waals surface area contributed by atoms with Crippen molar-refractivity contribution < 1.29 is 24.0 Å². The van der Waals surface area contributed by atoms with Gasteiger partial charge < -0.3 is 10.1 Å². The van der Waals surface area contributed by atoms with Gasteiger partial charge in [-0.3, -0.25) is 29.4 Å². The molecule has 0 aromatic heterocycles. The molecule has 2 rings (SSSR count). The minimum Gasteiger partial charge on any atom is -0.477 e. The van der Waals surface area contributed by atoms with E-state index in [1.165, 1.54) is 12.1 Å². The van der Waals surface area contributed by atoms with E-state index in [0.717, 1.165) is 16.7 Å². The maximum atomic E-state index is 11.7. The lowest BCUT2D eigenvalue weighted by atomic mass is 10.2. The Labute approximate surface area is 141 Å². The van der Waals surface area contributed by atoms with E-state index in [9.17, 15) is 24.5 Å². The predicted molar refractivity (Wildman–Crippen MR) is 85.9 cm³/mol. The molecule has 1 fully saturated rings. The smallest absolute Gasteiger partial charge is 0.311 e. The van der Waals surface area contributed by atoms with Crippen molar-refractivity contribution in [3.63, 3.8) is 0 Å². The van der Waals surface area contributed by atoms with E-state index in [4.69, 9.17) is 4.74 Å². The van der Waals surface area contributed by atoms with Crippen LogP contribution in [0.4, 0.5) is 10.5 Å². The van der Waals surface area contributed by atoms with E-state index in [-0.39, 0.29) is 41.4 Å². The zero-order valence-electron chi connectivity index (χ0n) is 12.8. The van der Waals surface area contributed by atoms with Gasteiger partial charge >= 0.3 is 5.69 Å². The second kappa shape index (κ2) is 7.77. The molecule has 0 bridgehead atoms. The van der Waals surface area contributed by atoms with Crippen molar-refractivity contribution in [2.24, 2.45) is 0 Å². The van der Waals surface area contributed by atoms with Gasteiger partial charge in [0.1, 0.15) is 0 Å². The van der Waals surface area contributed by atoms with Gasteiger partial charge in [0.2, 0.25) is 5.91 Å². The van der Waals surface area contributed by atoms with E-state index in [1.807, 2.05) is 0 Å². The summed E-state index contributed by atoms with van der Waals surface area (Å²) in [5, 5.41) is 13.1. The van der Waals surface area contributed by atoms with Crippen molar-refractivity contribution in [1.29, 1.82) is 0 Å². The van der Waals surface area contributed by atoms with Crippen LogP contribution in [0, 0.1) is 17.0 Å². The molecule has 24 heavy (non-hydrogen) atoms. The molecule has 1 heterocycles. The van der Waals surface area contributed by atoms with Gasteiger partial charge in [-0.15, -0.1) is 0 Å². The molecule has 0 radical (unpaired) electrons. The first-order valence-electron chi connectivity index (χ1n) is 7.00. The van der Waals surface area contributed by atoms with Crippen molar-refractivity contribution in [2.75, 3.05) is 25.4 Å². The summed E-state index contributed by atoms with van der Waals surface area (Å²) >= 11 is 0.921. The van der Waals surface area contributed by atoms with Gasteiger partial charge in [-0.2, -0.15) is 0 Å². The van der Waals surface area contributed by atoms with Crippen LogP contribution in [-0.4, -0.2) is 52.3 Å². The quantitative estimate of drug-likeness (QED) is 0.576. The summed E-state index contributed by atoms with van der Waals surface area (Å²) < 4.78 is 5.17. The van der Waals surface area contributed by atoms with E-state index >= 15 is 0 Å². The number of nitro groups is 1. The van der Waals surface area contributed by atoms with Gasteiger partial charge in [-0.05, 0) is 18.6 Å². The third-order valence-corrected chi connectivity index (χ3v) is 4.03. The fourth-order valence-corrected chi connectivity index (χ4v) is 2.74. The van der Waals surface area contributed by atoms with Crippen LogP contribution < -0.4 is 10.1 Å². The second-order valence-corrected chi connectivity index (χ2v) is 5.89. The minimum atomic E-state index is -0.581. The number of ether oxygens (including phenoxy) is 1. The highest BCUT2D eigenvalue weighted by molar-refractivity contribution is 8.14. The monoisotopic (exact) mass is 353 g/mol. The molecule has 0 atom stereocenters. The maximum Gasteiger partial charge on any atom is 0.311 e. The first-order valence-corrected chi connectivity index (χ1v) is 7.98. The maximum absolute atomic E-state index is 11.7. The Bertz CT molecular complexity index is 677. The standard InChI is InChI=1S/C14H15N3O6S/c1-9-2-3-11(10(6-9)17(21)22)23-7-12(18)15-4-5-16-13(19)8-24-14(16)20/h2-3,6H,4-5,7-8H2,1H3,(H,15,18). The molecular weight excluding hydrogens is 338 g/mol. The number of amides is 3. The van der Waals surface area contributed by atoms with Crippen LogP contribution >= 0.6 is 11.8 Å². The van der Waals surface area contributed by atoms with Crippen molar-refractivity contribution in [1.82, 2.24) is 10.2 Å². The number of carbonyl (C=O) groups is 3. The average molecular weight is 353 g/mol. The van der Waals surface area contributed by atoms with Crippen molar-refractivity contribution in [3.05, 3.63) is 33.9 Å². The molecule has 1 aliphatic heterocycles. The third kappa shape index (κ3) is 4.44. The van der Waals surface area contributed by atoms with Crippen molar-refractivity contribution in [2.45, 2.75) is 6.92 Å². The second-order valence-electron chi connectivity index (χ2n) is 4.97. The van der Waals surface area contributed by atoms with Crippen LogP contribution in [0.1, 0.15) is 5.56 Å². The molecule has 0 aliphatic carbocycles. The molecule has 0 spiro atoms. The third-order valence-electron chi connectivity index (χ3n) is 3.17. The number of nitrogens with one attached hydrogen (secondary N) is 1. The Kier molecular flexibility index (Phi) is 5.74. The molecule has 1 aliphatic rings. The molecular formula is C14H15N3O6S. The summed E-state index contributed by atoms with van der Waals surface area (Å²) in [4.78, 5) is 45.9. The molecule has 1 N–H and O–H groups in total. The lowest BCUT2D eigenvalue weighted by molar-refractivity contribution is -0.385. The SMILES string of the molecule is Cc1ccc(OCC(=O)NCCN2C(=O)CSC2=O)c([N+](=O)[O-])c1. The van der Waals surface area contributed by atoms with Crippen LogP contribution in [-0.2, 0) is 9.59 Å². The molecule has 1 aromatic rings. The highest BCUT2D eigenvalue weighted by Gasteiger charge is 2.29. The van der Waals surface area contributed by atoms with Crippen molar-refractivity contribution >= 4 is 34.5 Å². The first-order chi connectivity index (χ1) is 11.4. The molecule has 1 saturated heterocycles. The van der Waals surface area contributed by atoms with Gasteiger partial charge in [-0.1, -0.05) is 17.8 Å². The van der Waals surface area contributed by atoms with E-state index in [0.29, 0.717) is 5.56 Å². The summed E-state index contributed by atoms with van der Waals surface area (Å²) in [6, 6.07) is 4.43. The molecule has 1 aromatic carbocycles. The largest absolute Gasteiger partial charge is 0.477 e. The fraction of sp³-hybridized carbons (Fsp3) is 0.357. The number of hydrogen-bond acceptors (Lipinski definition) is 7. The minimum absolute atomic E-state index is 0.00190. The van der Waals surface area contributed by atoms with Crippen LogP contribution in [0.3, 0.4) is 0 Å². The van der Waals surface area contributed by atoms with Gasteiger partial charge in [0, 0.05) is 19.2 Å². The summed E-state index contributed by atoms with van der Waals surface area (Å²) in [5.74, 6) is -0.670. The number of carbonyl (C=O) groups excluding carboxylic acids is 3. The van der Waals surface area contributed by atoms with Gasteiger partial charge in [-0.25, -0.2) is 0 Å². The summed E-state index contributed by atoms with van der Waals surface area (Å²) in [5.41, 5.74) is 0.490. The number of rotatable bonds is 7. The van der Waals surface area contributed by atoms with Gasteiger partial charge in [0.25, 0.3) is 11.1 Å².